The van der Waals surface area contributed by atoms with Gasteiger partial charge in [0.1, 0.15) is 11.6 Å². The zero-order chi connectivity index (χ0) is 13.9. The molecule has 0 fully saturated rings. The van der Waals surface area contributed by atoms with Gasteiger partial charge in [-0.2, -0.15) is 13.2 Å². The van der Waals surface area contributed by atoms with Crippen molar-refractivity contribution < 1.29 is 17.6 Å². The molecule has 0 bridgehead atoms. The van der Waals surface area contributed by atoms with Crippen molar-refractivity contribution in [2.24, 2.45) is 0 Å². The molecule has 0 saturated carbocycles. The van der Waals surface area contributed by atoms with Crippen molar-refractivity contribution in [2.45, 2.75) is 12.7 Å². The zero-order valence-corrected chi connectivity index (χ0v) is 9.71. The van der Waals surface area contributed by atoms with Crippen molar-refractivity contribution in [3.8, 4) is 0 Å². The van der Waals surface area contributed by atoms with Crippen molar-refractivity contribution in [1.29, 1.82) is 0 Å². The number of nitrogens with zero attached hydrogens (tertiary/aromatic N) is 1. The van der Waals surface area contributed by atoms with E-state index in [2.05, 4.69) is 10.3 Å². The molecule has 0 radical (unpaired) electrons. The molecule has 1 N–H and O–H groups in total. The highest BCUT2D eigenvalue weighted by atomic mass is 19.4. The molecular weight excluding hydrogens is 260 g/mol. The predicted molar refractivity (Wildman–Crippen MR) is 63.0 cm³/mol. The molecule has 0 aliphatic heterocycles. The first-order valence-corrected chi connectivity index (χ1v) is 5.47. The molecule has 0 unspecified atom stereocenters. The molecule has 0 spiro atoms. The van der Waals surface area contributed by atoms with Crippen LogP contribution in [-0.2, 0) is 12.7 Å². The first-order chi connectivity index (χ1) is 8.95. The summed E-state index contributed by atoms with van der Waals surface area (Å²) in [6.45, 7) is 0.288. The van der Waals surface area contributed by atoms with Gasteiger partial charge in [-0.15, -0.1) is 0 Å². The second kappa shape index (κ2) is 5.26. The molecule has 1 heterocycles. The van der Waals surface area contributed by atoms with Crippen LogP contribution >= 0.6 is 0 Å². The number of nitrogens with one attached hydrogen (secondary N) is 1. The second-order valence-electron chi connectivity index (χ2n) is 3.91. The number of anilines is 1. The standard InChI is InChI=1S/C13H10F4N2/c14-11-3-1-2-9(6-11)7-18-12-5-4-10(8-19-12)13(15,16)17/h1-6,8H,7H2,(H,18,19). The number of alkyl halides is 3. The third-order valence-electron chi connectivity index (χ3n) is 2.45. The SMILES string of the molecule is Fc1cccc(CNc2ccc(C(F)(F)F)cn2)c1. The van der Waals surface area contributed by atoms with E-state index in [0.717, 1.165) is 12.3 Å². The molecule has 6 heteroatoms. The minimum Gasteiger partial charge on any atom is -0.366 e. The van der Waals surface area contributed by atoms with Gasteiger partial charge in [0.2, 0.25) is 0 Å². The van der Waals surface area contributed by atoms with E-state index in [1.54, 1.807) is 12.1 Å². The number of hydrogen-bond donors (Lipinski definition) is 1. The summed E-state index contributed by atoms with van der Waals surface area (Å²) in [7, 11) is 0. The lowest BCUT2D eigenvalue weighted by Crippen LogP contribution is -2.07. The molecule has 1 aromatic carbocycles. The number of aromatic nitrogens is 1. The Labute approximate surface area is 107 Å². The third kappa shape index (κ3) is 3.67. The van der Waals surface area contributed by atoms with Gasteiger partial charge in [0.05, 0.1) is 5.56 Å². The number of pyridine rings is 1. The van der Waals surface area contributed by atoms with E-state index in [1.807, 2.05) is 0 Å². The highest BCUT2D eigenvalue weighted by Gasteiger charge is 2.30. The number of halogens is 4. The van der Waals surface area contributed by atoms with E-state index in [4.69, 9.17) is 0 Å². The minimum absolute atomic E-state index is 0.288. The lowest BCUT2D eigenvalue weighted by molar-refractivity contribution is -0.137. The summed E-state index contributed by atoms with van der Waals surface area (Å²) in [5.41, 5.74) is -0.120. The highest BCUT2D eigenvalue weighted by Crippen LogP contribution is 2.28. The summed E-state index contributed by atoms with van der Waals surface area (Å²) in [5.74, 6) is -0.0584. The van der Waals surface area contributed by atoms with Gasteiger partial charge in [-0.3, -0.25) is 0 Å². The summed E-state index contributed by atoms with van der Waals surface area (Å²) < 4.78 is 49.8. The largest absolute Gasteiger partial charge is 0.417 e. The summed E-state index contributed by atoms with van der Waals surface area (Å²) in [4.78, 5) is 3.66. The van der Waals surface area contributed by atoms with E-state index in [0.29, 0.717) is 11.4 Å². The molecule has 100 valence electrons. The Balaban J connectivity index is 2.01. The Hall–Kier alpha value is -2.11. The first-order valence-electron chi connectivity index (χ1n) is 5.47. The molecule has 0 aliphatic rings. The summed E-state index contributed by atoms with van der Waals surface area (Å²) >= 11 is 0. The van der Waals surface area contributed by atoms with E-state index in [-0.39, 0.29) is 12.4 Å². The smallest absolute Gasteiger partial charge is 0.366 e. The van der Waals surface area contributed by atoms with Crippen LogP contribution in [0.4, 0.5) is 23.4 Å². The molecule has 0 atom stereocenters. The first kappa shape index (κ1) is 13.3. The number of benzene rings is 1. The zero-order valence-electron chi connectivity index (χ0n) is 9.71. The molecule has 2 nitrogen and oxygen atoms in total. The topological polar surface area (TPSA) is 24.9 Å². The van der Waals surface area contributed by atoms with Gasteiger partial charge < -0.3 is 5.32 Å². The van der Waals surface area contributed by atoms with Gasteiger partial charge in [-0.25, -0.2) is 9.37 Å². The van der Waals surface area contributed by atoms with Crippen LogP contribution < -0.4 is 5.32 Å². The van der Waals surface area contributed by atoms with Crippen molar-refractivity contribution >= 4 is 5.82 Å². The number of rotatable bonds is 3. The monoisotopic (exact) mass is 270 g/mol. The highest BCUT2D eigenvalue weighted by molar-refractivity contribution is 5.37. The Morgan fingerprint density at radius 2 is 1.89 bits per heavy atom. The lowest BCUT2D eigenvalue weighted by Gasteiger charge is -2.08. The van der Waals surface area contributed by atoms with Crippen LogP contribution in [0.25, 0.3) is 0 Å². The van der Waals surface area contributed by atoms with Gasteiger partial charge in [-0.1, -0.05) is 12.1 Å². The maximum absolute atomic E-state index is 12.9. The van der Waals surface area contributed by atoms with Gasteiger partial charge >= 0.3 is 6.18 Å². The van der Waals surface area contributed by atoms with E-state index in [1.165, 1.54) is 18.2 Å². The van der Waals surface area contributed by atoms with Crippen molar-refractivity contribution in [1.82, 2.24) is 4.98 Å². The quantitative estimate of drug-likeness (QED) is 0.857. The average molecular weight is 270 g/mol. The van der Waals surface area contributed by atoms with Crippen molar-refractivity contribution in [3.05, 3.63) is 59.5 Å². The van der Waals surface area contributed by atoms with Crippen LogP contribution in [0.2, 0.25) is 0 Å². The summed E-state index contributed by atoms with van der Waals surface area (Å²) in [6, 6.07) is 8.12. The molecule has 19 heavy (non-hydrogen) atoms. The number of hydrogen-bond acceptors (Lipinski definition) is 2. The Kier molecular flexibility index (Phi) is 3.69. The molecule has 1 aromatic heterocycles. The van der Waals surface area contributed by atoms with Gasteiger partial charge in [0, 0.05) is 12.7 Å². The van der Waals surface area contributed by atoms with E-state index in [9.17, 15) is 17.6 Å². The molecule has 0 aliphatic carbocycles. The van der Waals surface area contributed by atoms with Crippen LogP contribution in [0.15, 0.2) is 42.6 Å². The Morgan fingerprint density at radius 1 is 1.11 bits per heavy atom. The molecule has 2 aromatic rings. The predicted octanol–water partition coefficient (Wildman–Crippen LogP) is 3.85. The molecule has 0 saturated heterocycles. The lowest BCUT2D eigenvalue weighted by atomic mass is 10.2. The second-order valence-corrected chi connectivity index (χ2v) is 3.91. The summed E-state index contributed by atoms with van der Waals surface area (Å²) in [6.07, 6.45) is -3.64. The van der Waals surface area contributed by atoms with E-state index < -0.39 is 11.7 Å². The average Bonchev–Trinajstić information content (AvgIpc) is 2.36. The van der Waals surface area contributed by atoms with Gasteiger partial charge in [0.15, 0.2) is 0 Å². The maximum atomic E-state index is 12.9. The fourth-order valence-corrected chi connectivity index (χ4v) is 1.51. The van der Waals surface area contributed by atoms with Crippen LogP contribution in [-0.4, -0.2) is 4.98 Å². The fraction of sp³-hybridized carbons (Fsp3) is 0.154. The van der Waals surface area contributed by atoms with E-state index >= 15 is 0 Å². The van der Waals surface area contributed by atoms with Gasteiger partial charge in [0.25, 0.3) is 0 Å². The fourth-order valence-electron chi connectivity index (χ4n) is 1.51. The summed E-state index contributed by atoms with van der Waals surface area (Å²) in [5, 5.41) is 2.82. The Morgan fingerprint density at radius 3 is 2.47 bits per heavy atom. The molecule has 2 rings (SSSR count). The third-order valence-corrected chi connectivity index (χ3v) is 2.45. The van der Waals surface area contributed by atoms with Crippen molar-refractivity contribution in [2.75, 3.05) is 5.32 Å². The Bertz CT molecular complexity index is 549. The molecular formula is C13H10F4N2. The normalized spacial score (nSPS) is 11.4. The maximum Gasteiger partial charge on any atom is 0.417 e. The molecule has 0 amide bonds. The minimum atomic E-state index is -4.39. The van der Waals surface area contributed by atoms with Crippen LogP contribution in [0.3, 0.4) is 0 Å². The van der Waals surface area contributed by atoms with Crippen LogP contribution in [0, 0.1) is 5.82 Å². The van der Waals surface area contributed by atoms with Crippen molar-refractivity contribution in [3.63, 3.8) is 0 Å². The van der Waals surface area contributed by atoms with Crippen LogP contribution in [0.5, 0.6) is 0 Å². The van der Waals surface area contributed by atoms with Crippen LogP contribution in [0.1, 0.15) is 11.1 Å². The van der Waals surface area contributed by atoms with Gasteiger partial charge in [-0.05, 0) is 29.8 Å².